The molecule has 0 aliphatic heterocycles. The number of aromatic nitrogens is 4. The molecule has 4 nitrogen and oxygen atoms in total. The maximum Gasteiger partial charge on any atom is 0.151 e. The van der Waals surface area contributed by atoms with Gasteiger partial charge in [-0.05, 0) is 12.1 Å². The quantitative estimate of drug-likeness (QED) is 0.634. The van der Waals surface area contributed by atoms with Crippen molar-refractivity contribution >= 4 is 11.0 Å². The van der Waals surface area contributed by atoms with Gasteiger partial charge in [-0.25, -0.2) is 14.4 Å². The van der Waals surface area contributed by atoms with E-state index in [1.54, 1.807) is 12.5 Å². The van der Waals surface area contributed by atoms with E-state index in [1.807, 2.05) is 6.07 Å². The van der Waals surface area contributed by atoms with Crippen LogP contribution >= 0.6 is 0 Å². The van der Waals surface area contributed by atoms with Crippen LogP contribution in [0, 0.1) is 5.82 Å². The highest BCUT2D eigenvalue weighted by Gasteiger charge is 2.07. The van der Waals surface area contributed by atoms with Gasteiger partial charge in [0.25, 0.3) is 0 Å². The minimum Gasteiger partial charge on any atom is -0.345 e. The van der Waals surface area contributed by atoms with Crippen molar-refractivity contribution in [3.63, 3.8) is 0 Å². The minimum atomic E-state index is -0.335. The monoisotopic (exact) mass is 202 g/mol. The van der Waals surface area contributed by atoms with E-state index in [4.69, 9.17) is 0 Å². The van der Waals surface area contributed by atoms with Crippen molar-refractivity contribution in [3.05, 3.63) is 36.8 Å². The highest BCUT2D eigenvalue weighted by molar-refractivity contribution is 5.81. The number of hydrogen-bond donors (Lipinski definition) is 2. The van der Waals surface area contributed by atoms with Crippen molar-refractivity contribution in [3.8, 4) is 11.3 Å². The number of nitrogens with one attached hydrogen (secondary N) is 2. The molecule has 0 amide bonds. The summed E-state index contributed by atoms with van der Waals surface area (Å²) in [6.45, 7) is 0. The SMILES string of the molecule is Fc1cc(-c2cnc[nH]2)cc2[nH]cnc12. The number of fused-ring (bicyclic) bond motifs is 1. The van der Waals surface area contributed by atoms with E-state index in [2.05, 4.69) is 19.9 Å². The highest BCUT2D eigenvalue weighted by Crippen LogP contribution is 2.23. The Morgan fingerprint density at radius 2 is 2.07 bits per heavy atom. The molecule has 2 aromatic heterocycles. The van der Waals surface area contributed by atoms with Crippen LogP contribution in [0.5, 0.6) is 0 Å². The number of hydrogen-bond acceptors (Lipinski definition) is 2. The molecule has 0 saturated carbocycles. The molecule has 74 valence electrons. The Hall–Kier alpha value is -2.17. The lowest BCUT2D eigenvalue weighted by molar-refractivity contribution is 0.637. The Labute approximate surface area is 84.2 Å². The summed E-state index contributed by atoms with van der Waals surface area (Å²) in [5.41, 5.74) is 2.57. The number of H-pyrrole nitrogens is 2. The maximum atomic E-state index is 13.6. The lowest BCUT2D eigenvalue weighted by atomic mass is 10.1. The second-order valence-electron chi connectivity index (χ2n) is 3.22. The normalized spacial score (nSPS) is 11.0. The number of aromatic amines is 2. The molecule has 0 aliphatic rings. The minimum absolute atomic E-state index is 0.335. The number of halogens is 1. The molecule has 0 unspecified atom stereocenters. The van der Waals surface area contributed by atoms with Crippen LogP contribution in [0.4, 0.5) is 4.39 Å². The van der Waals surface area contributed by atoms with Crippen molar-refractivity contribution in [2.45, 2.75) is 0 Å². The van der Waals surface area contributed by atoms with Crippen molar-refractivity contribution in [1.29, 1.82) is 0 Å². The zero-order valence-corrected chi connectivity index (χ0v) is 7.66. The Bertz CT molecular complexity index is 597. The number of nitrogens with zero attached hydrogens (tertiary/aromatic N) is 2. The summed E-state index contributed by atoms with van der Waals surface area (Å²) in [4.78, 5) is 13.6. The van der Waals surface area contributed by atoms with Gasteiger partial charge in [-0.3, -0.25) is 0 Å². The van der Waals surface area contributed by atoms with Gasteiger partial charge < -0.3 is 9.97 Å². The molecule has 0 atom stereocenters. The van der Waals surface area contributed by atoms with Gasteiger partial charge in [0.15, 0.2) is 5.82 Å². The molecule has 3 rings (SSSR count). The Kier molecular flexibility index (Phi) is 1.58. The first-order chi connectivity index (χ1) is 7.34. The molecular weight excluding hydrogens is 195 g/mol. The van der Waals surface area contributed by atoms with Crippen LogP contribution < -0.4 is 0 Å². The molecule has 0 saturated heterocycles. The second kappa shape index (κ2) is 2.91. The number of rotatable bonds is 1. The lowest BCUT2D eigenvalue weighted by Gasteiger charge is -1.98. The van der Waals surface area contributed by atoms with Crippen LogP contribution in [0.15, 0.2) is 31.0 Å². The third-order valence-corrected chi connectivity index (χ3v) is 2.29. The van der Waals surface area contributed by atoms with E-state index in [-0.39, 0.29) is 5.82 Å². The predicted molar refractivity (Wildman–Crippen MR) is 53.6 cm³/mol. The first kappa shape index (κ1) is 8.16. The van der Waals surface area contributed by atoms with Gasteiger partial charge in [0.05, 0.1) is 30.1 Å². The van der Waals surface area contributed by atoms with Crippen LogP contribution in [0.2, 0.25) is 0 Å². The molecule has 2 N–H and O–H groups in total. The fourth-order valence-corrected chi connectivity index (χ4v) is 1.58. The Morgan fingerprint density at radius 1 is 1.13 bits per heavy atom. The average Bonchev–Trinajstić information content (AvgIpc) is 2.88. The summed E-state index contributed by atoms with van der Waals surface area (Å²) in [5, 5.41) is 0. The van der Waals surface area contributed by atoms with Crippen molar-refractivity contribution < 1.29 is 4.39 Å². The molecule has 0 radical (unpaired) electrons. The van der Waals surface area contributed by atoms with Crippen LogP contribution in [0.25, 0.3) is 22.3 Å². The van der Waals surface area contributed by atoms with Gasteiger partial charge in [-0.2, -0.15) is 0 Å². The fourth-order valence-electron chi connectivity index (χ4n) is 1.58. The second-order valence-corrected chi connectivity index (χ2v) is 3.22. The third kappa shape index (κ3) is 1.20. The van der Waals surface area contributed by atoms with Crippen molar-refractivity contribution in [2.24, 2.45) is 0 Å². The fraction of sp³-hybridized carbons (Fsp3) is 0. The lowest BCUT2D eigenvalue weighted by Crippen LogP contribution is -1.83. The largest absolute Gasteiger partial charge is 0.345 e. The summed E-state index contributed by atoms with van der Waals surface area (Å²) < 4.78 is 13.6. The van der Waals surface area contributed by atoms with E-state index < -0.39 is 0 Å². The highest BCUT2D eigenvalue weighted by atomic mass is 19.1. The summed E-state index contributed by atoms with van der Waals surface area (Å²) >= 11 is 0. The van der Waals surface area contributed by atoms with E-state index >= 15 is 0 Å². The molecular formula is C10H7FN4. The Morgan fingerprint density at radius 3 is 2.87 bits per heavy atom. The van der Waals surface area contributed by atoms with Crippen LogP contribution in [-0.4, -0.2) is 19.9 Å². The zero-order valence-electron chi connectivity index (χ0n) is 7.66. The Balaban J connectivity index is 2.29. The van der Waals surface area contributed by atoms with E-state index in [0.717, 1.165) is 11.3 Å². The first-order valence-corrected chi connectivity index (χ1v) is 4.46. The smallest absolute Gasteiger partial charge is 0.151 e. The summed E-state index contributed by atoms with van der Waals surface area (Å²) in [6, 6.07) is 3.27. The van der Waals surface area contributed by atoms with Crippen molar-refractivity contribution in [1.82, 2.24) is 19.9 Å². The average molecular weight is 202 g/mol. The van der Waals surface area contributed by atoms with Gasteiger partial charge in [0, 0.05) is 5.56 Å². The molecule has 0 aliphatic carbocycles. The van der Waals surface area contributed by atoms with E-state index in [1.165, 1.54) is 12.4 Å². The van der Waals surface area contributed by atoms with Crippen LogP contribution in [-0.2, 0) is 0 Å². The summed E-state index contributed by atoms with van der Waals surface area (Å²) in [6.07, 6.45) is 4.69. The van der Waals surface area contributed by atoms with Gasteiger partial charge in [0.1, 0.15) is 5.52 Å². The molecule has 15 heavy (non-hydrogen) atoms. The van der Waals surface area contributed by atoms with Gasteiger partial charge in [-0.15, -0.1) is 0 Å². The third-order valence-electron chi connectivity index (χ3n) is 2.29. The van der Waals surface area contributed by atoms with Gasteiger partial charge in [0.2, 0.25) is 0 Å². The molecule has 2 heterocycles. The van der Waals surface area contributed by atoms with E-state index in [0.29, 0.717) is 11.0 Å². The van der Waals surface area contributed by atoms with Crippen molar-refractivity contribution in [2.75, 3.05) is 0 Å². The standard InChI is InChI=1S/C10H7FN4/c11-7-1-6(9-3-12-4-13-9)2-8-10(7)15-5-14-8/h1-5H,(H,12,13)(H,14,15). The molecule has 0 spiro atoms. The zero-order chi connectivity index (χ0) is 10.3. The molecule has 0 bridgehead atoms. The molecule has 1 aromatic carbocycles. The molecule has 0 fully saturated rings. The molecule has 5 heteroatoms. The van der Waals surface area contributed by atoms with Gasteiger partial charge in [-0.1, -0.05) is 0 Å². The van der Waals surface area contributed by atoms with E-state index in [9.17, 15) is 4.39 Å². The molecule has 3 aromatic rings. The van der Waals surface area contributed by atoms with Crippen LogP contribution in [0.1, 0.15) is 0 Å². The van der Waals surface area contributed by atoms with Crippen LogP contribution in [0.3, 0.4) is 0 Å². The number of benzene rings is 1. The maximum absolute atomic E-state index is 13.6. The first-order valence-electron chi connectivity index (χ1n) is 4.46. The predicted octanol–water partition coefficient (Wildman–Crippen LogP) is 2.09. The van der Waals surface area contributed by atoms with Gasteiger partial charge >= 0.3 is 0 Å². The summed E-state index contributed by atoms with van der Waals surface area (Å²) in [7, 11) is 0. The summed E-state index contributed by atoms with van der Waals surface area (Å²) in [5.74, 6) is -0.335. The topological polar surface area (TPSA) is 57.4 Å². The number of imidazole rings is 2.